The fraction of sp³-hybridized carbons (Fsp3) is 0.235. The Kier molecular flexibility index (Phi) is 11.7. The summed E-state index contributed by atoms with van der Waals surface area (Å²) in [4.78, 5) is 30.5. The number of amides is 2. The Labute approximate surface area is 272 Å². The molecule has 0 aliphatic carbocycles. The average molecular weight is 695 g/mol. The van der Waals surface area contributed by atoms with Crippen LogP contribution in [-0.4, -0.2) is 50.5 Å². The molecule has 1 N–H and O–H groups in total. The van der Waals surface area contributed by atoms with Gasteiger partial charge in [0.15, 0.2) is 0 Å². The van der Waals surface area contributed by atoms with Gasteiger partial charge >= 0.3 is 0 Å². The Balaban J connectivity index is 1.78. The highest BCUT2D eigenvalue weighted by atomic mass is 79.9. The van der Waals surface area contributed by atoms with Crippen molar-refractivity contribution in [3.8, 4) is 0 Å². The summed E-state index contributed by atoms with van der Waals surface area (Å²) in [5, 5.41) is 2.88. The Morgan fingerprint density at radius 3 is 2.09 bits per heavy atom. The van der Waals surface area contributed by atoms with Crippen molar-refractivity contribution in [1.29, 1.82) is 0 Å². The number of aryl methyl sites for hydroxylation is 1. The monoisotopic (exact) mass is 693 g/mol. The molecule has 0 unspecified atom stereocenters. The molecule has 4 aromatic rings. The molecule has 0 saturated heterocycles. The summed E-state index contributed by atoms with van der Waals surface area (Å²) in [5.74, 6) is -0.802. The van der Waals surface area contributed by atoms with Crippen LogP contribution in [0.1, 0.15) is 23.6 Å². The fourth-order valence-corrected chi connectivity index (χ4v) is 6.83. The Morgan fingerprint density at radius 1 is 0.864 bits per heavy atom. The molecule has 0 aromatic heterocycles. The topological polar surface area (TPSA) is 86.8 Å². The maximum Gasteiger partial charge on any atom is 0.264 e. The van der Waals surface area contributed by atoms with Crippen LogP contribution in [0.4, 0.5) is 5.69 Å². The second kappa shape index (κ2) is 15.4. The van der Waals surface area contributed by atoms with Gasteiger partial charge in [-0.2, -0.15) is 0 Å². The van der Waals surface area contributed by atoms with E-state index in [4.69, 9.17) is 0 Å². The van der Waals surface area contributed by atoms with Crippen molar-refractivity contribution in [3.63, 3.8) is 0 Å². The van der Waals surface area contributed by atoms with Crippen molar-refractivity contribution >= 4 is 55.2 Å². The predicted octanol–water partition coefficient (Wildman–Crippen LogP) is 6.45. The van der Waals surface area contributed by atoms with E-state index >= 15 is 0 Å². The molecule has 0 aliphatic rings. The van der Waals surface area contributed by atoms with Gasteiger partial charge < -0.3 is 10.2 Å². The van der Waals surface area contributed by atoms with Crippen LogP contribution in [0.15, 0.2) is 117 Å². The van der Waals surface area contributed by atoms with Crippen molar-refractivity contribution in [2.24, 2.45) is 0 Å². The molecule has 0 bridgehead atoms. The lowest BCUT2D eigenvalue weighted by Gasteiger charge is -2.34. The van der Waals surface area contributed by atoms with Crippen LogP contribution >= 0.6 is 27.7 Å². The normalized spacial score (nSPS) is 11.9. The summed E-state index contributed by atoms with van der Waals surface area (Å²) in [6, 6.07) is 29.7. The van der Waals surface area contributed by atoms with E-state index in [1.165, 1.54) is 16.7 Å². The maximum absolute atomic E-state index is 14.4. The van der Waals surface area contributed by atoms with Crippen LogP contribution in [0.25, 0.3) is 0 Å². The van der Waals surface area contributed by atoms with E-state index in [1.54, 1.807) is 36.4 Å². The van der Waals surface area contributed by atoms with E-state index < -0.39 is 28.5 Å². The van der Waals surface area contributed by atoms with Crippen LogP contribution in [0.2, 0.25) is 0 Å². The van der Waals surface area contributed by atoms with Gasteiger partial charge in [-0.15, -0.1) is 11.8 Å². The lowest BCUT2D eigenvalue weighted by atomic mass is 10.0. The van der Waals surface area contributed by atoms with Crippen LogP contribution in [0, 0.1) is 6.92 Å². The summed E-state index contributed by atoms with van der Waals surface area (Å²) < 4.78 is 30.3. The van der Waals surface area contributed by atoms with Gasteiger partial charge in [0, 0.05) is 28.9 Å². The smallest absolute Gasteiger partial charge is 0.264 e. The van der Waals surface area contributed by atoms with E-state index in [1.807, 2.05) is 86.8 Å². The molecule has 4 aromatic carbocycles. The number of sulfonamides is 1. The number of hydrogen-bond acceptors (Lipinski definition) is 5. The summed E-state index contributed by atoms with van der Waals surface area (Å²) in [7, 11) is -4.14. The van der Waals surface area contributed by atoms with Crippen molar-refractivity contribution < 1.29 is 18.0 Å². The lowest BCUT2D eigenvalue weighted by Crippen LogP contribution is -2.53. The van der Waals surface area contributed by atoms with E-state index in [-0.39, 0.29) is 23.8 Å². The number of rotatable bonds is 13. The zero-order chi connectivity index (χ0) is 31.7. The number of anilines is 1. The molecule has 0 radical (unpaired) electrons. The molecule has 0 spiro atoms. The molecule has 44 heavy (non-hydrogen) atoms. The quantitative estimate of drug-likeness (QED) is 0.163. The zero-order valence-electron chi connectivity index (χ0n) is 24.9. The highest BCUT2D eigenvalue weighted by Crippen LogP contribution is 2.27. The van der Waals surface area contributed by atoms with Crippen molar-refractivity contribution in [1.82, 2.24) is 10.2 Å². The molecule has 1 atom stereocenters. The molecule has 2 amide bonds. The molecule has 0 fully saturated rings. The van der Waals surface area contributed by atoms with Crippen molar-refractivity contribution in [2.45, 2.75) is 42.6 Å². The molecule has 0 saturated carbocycles. The molecule has 230 valence electrons. The first-order valence-electron chi connectivity index (χ1n) is 14.2. The molecule has 4 rings (SSSR count). The van der Waals surface area contributed by atoms with Gasteiger partial charge in [0.05, 0.1) is 10.6 Å². The van der Waals surface area contributed by atoms with Gasteiger partial charge in [-0.25, -0.2) is 8.42 Å². The molecule has 7 nitrogen and oxygen atoms in total. The highest BCUT2D eigenvalue weighted by Gasteiger charge is 2.34. The molecule has 0 aliphatic heterocycles. The Hall–Kier alpha value is -3.60. The van der Waals surface area contributed by atoms with Crippen LogP contribution in [0.5, 0.6) is 0 Å². The summed E-state index contributed by atoms with van der Waals surface area (Å²) in [5.41, 5.74) is 3.01. The van der Waals surface area contributed by atoms with Crippen LogP contribution in [-0.2, 0) is 32.6 Å². The number of carbonyl (C=O) groups excluding carboxylic acids is 2. The van der Waals surface area contributed by atoms with E-state index in [9.17, 15) is 18.0 Å². The van der Waals surface area contributed by atoms with Crippen molar-refractivity contribution in [2.75, 3.05) is 23.7 Å². The summed E-state index contributed by atoms with van der Waals surface area (Å²) in [6.45, 7) is 3.75. The van der Waals surface area contributed by atoms with E-state index in [0.29, 0.717) is 12.2 Å². The molecule has 10 heteroatoms. The number of hydrogen-bond donors (Lipinski definition) is 1. The number of nitrogens with zero attached hydrogens (tertiary/aromatic N) is 2. The maximum atomic E-state index is 14.4. The van der Waals surface area contributed by atoms with Crippen molar-refractivity contribution in [3.05, 3.63) is 124 Å². The number of benzene rings is 4. The summed E-state index contributed by atoms with van der Waals surface area (Å²) >= 11 is 4.97. The Bertz CT molecular complexity index is 1650. The molecular weight excluding hydrogens is 658 g/mol. The van der Waals surface area contributed by atoms with Gasteiger partial charge in [-0.05, 0) is 79.8 Å². The van der Waals surface area contributed by atoms with Crippen LogP contribution < -0.4 is 9.62 Å². The van der Waals surface area contributed by atoms with E-state index in [2.05, 4.69) is 21.2 Å². The SMILES string of the molecule is CCNC(=O)[C@H](Cc1ccccc1)N(Cc1ccc(Br)cc1)C(=O)CN(c1ccc(C)cc1)S(=O)(=O)c1ccc(SC)cc1. The third-order valence-electron chi connectivity index (χ3n) is 7.14. The second-order valence-electron chi connectivity index (χ2n) is 10.3. The number of halogens is 1. The first-order chi connectivity index (χ1) is 21.1. The minimum absolute atomic E-state index is 0.0766. The molecular formula is C34H36BrN3O4S2. The fourth-order valence-electron chi connectivity index (χ4n) is 4.75. The first-order valence-corrected chi connectivity index (χ1v) is 17.7. The average Bonchev–Trinajstić information content (AvgIpc) is 3.03. The van der Waals surface area contributed by atoms with Gasteiger partial charge in [-0.3, -0.25) is 13.9 Å². The van der Waals surface area contributed by atoms with Gasteiger partial charge in [0.25, 0.3) is 10.0 Å². The second-order valence-corrected chi connectivity index (χ2v) is 13.9. The predicted molar refractivity (Wildman–Crippen MR) is 181 cm³/mol. The lowest BCUT2D eigenvalue weighted by molar-refractivity contribution is -0.140. The number of nitrogens with one attached hydrogen (secondary N) is 1. The summed E-state index contributed by atoms with van der Waals surface area (Å²) in [6.07, 6.45) is 2.18. The number of likely N-dealkylation sites (N-methyl/N-ethyl adjacent to an activating group) is 1. The van der Waals surface area contributed by atoms with Gasteiger partial charge in [0.2, 0.25) is 11.8 Å². The standard InChI is InChI=1S/C34H36BrN3O4S2/c1-4-36-34(40)32(22-26-8-6-5-7-9-26)37(23-27-12-14-28(35)15-13-27)33(39)24-38(29-16-10-25(2)11-17-29)44(41,42)31-20-18-30(43-3)19-21-31/h5-21,32H,4,22-24H2,1-3H3,(H,36,40)/t32-/m0/s1. The van der Waals surface area contributed by atoms with Gasteiger partial charge in [0.1, 0.15) is 12.6 Å². The first kappa shape index (κ1) is 33.3. The minimum Gasteiger partial charge on any atom is -0.355 e. The third kappa shape index (κ3) is 8.52. The Morgan fingerprint density at radius 2 is 1.50 bits per heavy atom. The molecule has 0 heterocycles. The number of thioether (sulfide) groups is 1. The largest absolute Gasteiger partial charge is 0.355 e. The van der Waals surface area contributed by atoms with Gasteiger partial charge in [-0.1, -0.05) is 76.1 Å². The highest BCUT2D eigenvalue weighted by molar-refractivity contribution is 9.10. The zero-order valence-corrected chi connectivity index (χ0v) is 28.2. The van der Waals surface area contributed by atoms with Crippen LogP contribution in [0.3, 0.4) is 0 Å². The number of carbonyl (C=O) groups is 2. The third-order valence-corrected chi connectivity index (χ3v) is 10.2. The van der Waals surface area contributed by atoms with E-state index in [0.717, 1.165) is 30.4 Å². The minimum atomic E-state index is -4.14.